The van der Waals surface area contributed by atoms with Crippen LogP contribution < -0.4 is 5.32 Å². The number of likely N-dealkylation sites (N-methyl/N-ethyl adjacent to an activating group) is 1. The Balaban J connectivity index is 1.67. The van der Waals surface area contributed by atoms with E-state index in [0.29, 0.717) is 12.1 Å². The first kappa shape index (κ1) is 18.8. The summed E-state index contributed by atoms with van der Waals surface area (Å²) in [6, 6.07) is 11.3. The molecular weight excluding hydrogens is 340 g/mol. The highest BCUT2D eigenvalue weighted by Gasteiger charge is 2.21. The molecule has 0 aliphatic rings. The molecule has 2 aromatic heterocycles. The summed E-state index contributed by atoms with van der Waals surface area (Å²) in [4.78, 5) is 22.9. The predicted octanol–water partition coefficient (Wildman–Crippen LogP) is 3.55. The standard InChI is InChI=1S/C21H24N4O2/c1-3-25(4-2)19(20-6-5-11-27-20)14-24-21(26)17-9-7-16(8-10-17)18-12-22-15-23-13-18/h5-13,15,19H,3-4,14H2,1-2H3,(H,24,26)/t19-/m0/s1. The Morgan fingerprint density at radius 1 is 1.07 bits per heavy atom. The zero-order valence-corrected chi connectivity index (χ0v) is 15.6. The maximum Gasteiger partial charge on any atom is 0.251 e. The lowest BCUT2D eigenvalue weighted by Crippen LogP contribution is -2.37. The van der Waals surface area contributed by atoms with Gasteiger partial charge in [-0.1, -0.05) is 26.0 Å². The number of carbonyl (C=O) groups excluding carboxylic acids is 1. The van der Waals surface area contributed by atoms with Gasteiger partial charge in [-0.05, 0) is 42.9 Å². The fourth-order valence-corrected chi connectivity index (χ4v) is 3.11. The maximum atomic E-state index is 12.6. The smallest absolute Gasteiger partial charge is 0.251 e. The number of nitrogens with one attached hydrogen (secondary N) is 1. The van der Waals surface area contributed by atoms with Crippen molar-refractivity contribution in [2.24, 2.45) is 0 Å². The molecule has 3 aromatic rings. The van der Waals surface area contributed by atoms with Gasteiger partial charge in [-0.25, -0.2) is 9.97 Å². The minimum atomic E-state index is -0.102. The van der Waals surface area contributed by atoms with Gasteiger partial charge in [0.2, 0.25) is 0 Å². The number of carbonyl (C=O) groups is 1. The van der Waals surface area contributed by atoms with Gasteiger partial charge in [0.15, 0.2) is 0 Å². The second-order valence-electron chi connectivity index (χ2n) is 6.17. The van der Waals surface area contributed by atoms with Crippen molar-refractivity contribution in [3.05, 3.63) is 72.7 Å². The first-order valence-electron chi connectivity index (χ1n) is 9.14. The average Bonchev–Trinajstić information content (AvgIpc) is 3.26. The van der Waals surface area contributed by atoms with Crippen LogP contribution >= 0.6 is 0 Å². The molecule has 1 N–H and O–H groups in total. The Morgan fingerprint density at radius 3 is 2.37 bits per heavy atom. The summed E-state index contributed by atoms with van der Waals surface area (Å²) < 4.78 is 5.58. The normalized spacial score (nSPS) is 12.1. The molecule has 0 spiro atoms. The molecular formula is C21H24N4O2. The first-order valence-corrected chi connectivity index (χ1v) is 9.14. The van der Waals surface area contributed by atoms with Crippen molar-refractivity contribution in [1.82, 2.24) is 20.2 Å². The summed E-state index contributed by atoms with van der Waals surface area (Å²) >= 11 is 0. The fourth-order valence-electron chi connectivity index (χ4n) is 3.11. The van der Waals surface area contributed by atoms with E-state index >= 15 is 0 Å². The quantitative estimate of drug-likeness (QED) is 0.662. The molecule has 0 unspecified atom stereocenters. The molecule has 140 valence electrons. The van der Waals surface area contributed by atoms with Gasteiger partial charge < -0.3 is 9.73 Å². The number of aromatic nitrogens is 2. The van der Waals surface area contributed by atoms with Crippen molar-refractivity contribution < 1.29 is 9.21 Å². The van der Waals surface area contributed by atoms with E-state index in [1.807, 2.05) is 36.4 Å². The van der Waals surface area contributed by atoms with Crippen LogP contribution in [0, 0.1) is 0 Å². The monoisotopic (exact) mass is 364 g/mol. The van der Waals surface area contributed by atoms with Gasteiger partial charge in [-0.3, -0.25) is 9.69 Å². The van der Waals surface area contributed by atoms with E-state index in [2.05, 4.69) is 34.0 Å². The van der Waals surface area contributed by atoms with Crippen LogP contribution in [0.4, 0.5) is 0 Å². The summed E-state index contributed by atoms with van der Waals surface area (Å²) in [6.07, 6.45) is 6.66. The summed E-state index contributed by atoms with van der Waals surface area (Å²) in [5, 5.41) is 3.03. The predicted molar refractivity (Wildman–Crippen MR) is 104 cm³/mol. The summed E-state index contributed by atoms with van der Waals surface area (Å²) in [5.41, 5.74) is 2.51. The van der Waals surface area contributed by atoms with Gasteiger partial charge in [0.05, 0.1) is 12.3 Å². The van der Waals surface area contributed by atoms with Crippen molar-refractivity contribution in [2.75, 3.05) is 19.6 Å². The van der Waals surface area contributed by atoms with Crippen LogP contribution in [0.3, 0.4) is 0 Å². The molecule has 6 nitrogen and oxygen atoms in total. The topological polar surface area (TPSA) is 71.3 Å². The van der Waals surface area contributed by atoms with Gasteiger partial charge >= 0.3 is 0 Å². The van der Waals surface area contributed by atoms with E-state index in [9.17, 15) is 4.79 Å². The molecule has 0 aliphatic heterocycles. The molecule has 1 amide bonds. The molecule has 0 saturated carbocycles. The first-order chi connectivity index (χ1) is 13.2. The zero-order chi connectivity index (χ0) is 19.1. The van der Waals surface area contributed by atoms with Crippen LogP contribution in [-0.4, -0.2) is 40.4 Å². The van der Waals surface area contributed by atoms with Crippen molar-refractivity contribution in [3.63, 3.8) is 0 Å². The minimum Gasteiger partial charge on any atom is -0.468 e. The van der Waals surface area contributed by atoms with Crippen molar-refractivity contribution in [2.45, 2.75) is 19.9 Å². The van der Waals surface area contributed by atoms with Gasteiger partial charge in [-0.2, -0.15) is 0 Å². The van der Waals surface area contributed by atoms with Gasteiger partial charge in [0, 0.05) is 30.1 Å². The number of amides is 1. The van der Waals surface area contributed by atoms with E-state index < -0.39 is 0 Å². The number of nitrogens with zero attached hydrogens (tertiary/aromatic N) is 3. The van der Waals surface area contributed by atoms with E-state index in [1.165, 1.54) is 6.33 Å². The Bertz CT molecular complexity index is 828. The Labute approximate surface area is 159 Å². The third-order valence-electron chi connectivity index (χ3n) is 4.62. The second kappa shape index (κ2) is 9.09. The SMILES string of the molecule is CCN(CC)[C@@H](CNC(=O)c1ccc(-c2cncnc2)cc1)c1ccco1. The molecule has 0 bridgehead atoms. The Kier molecular flexibility index (Phi) is 6.33. The largest absolute Gasteiger partial charge is 0.468 e. The van der Waals surface area contributed by atoms with E-state index in [0.717, 1.165) is 30.0 Å². The number of rotatable bonds is 8. The molecule has 1 atom stereocenters. The van der Waals surface area contributed by atoms with Crippen molar-refractivity contribution >= 4 is 5.91 Å². The van der Waals surface area contributed by atoms with Crippen LogP contribution in [-0.2, 0) is 0 Å². The number of hydrogen-bond donors (Lipinski definition) is 1. The molecule has 1 aromatic carbocycles. The zero-order valence-electron chi connectivity index (χ0n) is 15.6. The average molecular weight is 364 g/mol. The fraction of sp³-hybridized carbons (Fsp3) is 0.286. The lowest BCUT2D eigenvalue weighted by atomic mass is 10.1. The third kappa shape index (κ3) is 4.60. The second-order valence-corrected chi connectivity index (χ2v) is 6.17. The number of hydrogen-bond acceptors (Lipinski definition) is 5. The van der Waals surface area contributed by atoms with Gasteiger partial charge in [0.1, 0.15) is 12.1 Å². The highest BCUT2D eigenvalue weighted by Crippen LogP contribution is 2.21. The molecule has 2 heterocycles. The molecule has 0 aliphatic carbocycles. The molecule has 27 heavy (non-hydrogen) atoms. The van der Waals surface area contributed by atoms with Crippen molar-refractivity contribution in [3.8, 4) is 11.1 Å². The van der Waals surface area contributed by atoms with E-state index in [1.54, 1.807) is 18.7 Å². The number of furan rings is 1. The van der Waals surface area contributed by atoms with E-state index in [4.69, 9.17) is 4.42 Å². The van der Waals surface area contributed by atoms with Crippen LogP contribution in [0.5, 0.6) is 0 Å². The van der Waals surface area contributed by atoms with Crippen LogP contribution in [0.1, 0.15) is 36.0 Å². The third-order valence-corrected chi connectivity index (χ3v) is 4.62. The summed E-state index contributed by atoms with van der Waals surface area (Å²) in [5.74, 6) is 0.757. The minimum absolute atomic E-state index is 0.0136. The van der Waals surface area contributed by atoms with Crippen molar-refractivity contribution in [1.29, 1.82) is 0 Å². The van der Waals surface area contributed by atoms with Gasteiger partial charge in [0.25, 0.3) is 5.91 Å². The molecule has 6 heteroatoms. The van der Waals surface area contributed by atoms with Crippen LogP contribution in [0.15, 0.2) is 65.8 Å². The van der Waals surface area contributed by atoms with E-state index in [-0.39, 0.29) is 11.9 Å². The molecule has 0 fully saturated rings. The highest BCUT2D eigenvalue weighted by atomic mass is 16.3. The summed E-state index contributed by atoms with van der Waals surface area (Å²) in [7, 11) is 0. The van der Waals surface area contributed by atoms with Gasteiger partial charge in [-0.15, -0.1) is 0 Å². The Morgan fingerprint density at radius 2 is 1.78 bits per heavy atom. The lowest BCUT2D eigenvalue weighted by Gasteiger charge is -2.28. The summed E-state index contributed by atoms with van der Waals surface area (Å²) in [6.45, 7) is 6.46. The van der Waals surface area contributed by atoms with Crippen LogP contribution in [0.2, 0.25) is 0 Å². The Hall–Kier alpha value is -2.99. The molecule has 0 saturated heterocycles. The molecule has 0 radical (unpaired) electrons. The maximum absolute atomic E-state index is 12.6. The molecule has 3 rings (SSSR count). The lowest BCUT2D eigenvalue weighted by molar-refractivity contribution is 0.0929. The van der Waals surface area contributed by atoms with Crippen LogP contribution in [0.25, 0.3) is 11.1 Å². The highest BCUT2D eigenvalue weighted by molar-refractivity contribution is 5.94. The number of benzene rings is 1.